The predicted molar refractivity (Wildman–Crippen MR) is 92.9 cm³/mol. The molecule has 0 saturated heterocycles. The highest BCUT2D eigenvalue weighted by Crippen LogP contribution is 2.51. The first kappa shape index (κ1) is 17.3. The highest BCUT2D eigenvalue weighted by atomic mass is 32.2. The van der Waals surface area contributed by atoms with Crippen LogP contribution in [0.5, 0.6) is 0 Å². The molecule has 0 saturated carbocycles. The van der Waals surface area contributed by atoms with Gasteiger partial charge in [-0.3, -0.25) is 0 Å². The molecule has 25 heavy (non-hydrogen) atoms. The monoisotopic (exact) mass is 359 g/mol. The number of hydrogen-bond donors (Lipinski definition) is 1. The minimum Gasteiger partial charge on any atom is -0.529 e. The number of nitrogens with two attached hydrogens (primary N) is 1. The van der Waals surface area contributed by atoms with Crippen molar-refractivity contribution in [3.8, 4) is 11.1 Å². The Morgan fingerprint density at radius 1 is 1.12 bits per heavy atom. The Balaban J connectivity index is 2.34. The summed E-state index contributed by atoms with van der Waals surface area (Å²) in [5.74, 6) is 0. The van der Waals surface area contributed by atoms with Crippen LogP contribution >= 0.6 is 0 Å². The van der Waals surface area contributed by atoms with Crippen LogP contribution in [0.4, 0.5) is 10.5 Å². The van der Waals surface area contributed by atoms with Crippen LogP contribution in [0, 0.1) is 5.41 Å². The van der Waals surface area contributed by atoms with Gasteiger partial charge in [0.2, 0.25) is 0 Å². The maximum Gasteiger partial charge on any atom is 0.266 e. The lowest BCUT2D eigenvalue weighted by Gasteiger charge is -2.35. The average Bonchev–Trinajstić information content (AvgIpc) is 2.76. The summed E-state index contributed by atoms with van der Waals surface area (Å²) in [5.41, 5.74) is 7.20. The van der Waals surface area contributed by atoms with Crippen LogP contribution in [-0.2, 0) is 10.0 Å². The summed E-state index contributed by atoms with van der Waals surface area (Å²) in [5, 5.41) is 11.7. The van der Waals surface area contributed by atoms with E-state index in [4.69, 9.17) is 5.73 Å². The van der Waals surface area contributed by atoms with Crippen LogP contribution < -0.4 is 10.8 Å². The molecule has 1 aliphatic heterocycles. The highest BCUT2D eigenvalue weighted by molar-refractivity contribution is 7.90. The van der Waals surface area contributed by atoms with Gasteiger partial charge in [0.1, 0.15) is 4.90 Å². The fraction of sp³-hybridized carbons (Fsp3) is 0.278. The topological polar surface area (TPSA) is 104 Å². The third-order valence-electron chi connectivity index (χ3n) is 4.31. The zero-order chi connectivity index (χ0) is 18.6. The smallest absolute Gasteiger partial charge is 0.266 e. The van der Waals surface area contributed by atoms with Gasteiger partial charge in [0.15, 0.2) is 6.09 Å². The Morgan fingerprint density at radius 3 is 2.24 bits per heavy atom. The summed E-state index contributed by atoms with van der Waals surface area (Å²) in [6.45, 7) is 5.40. The Hall–Kier alpha value is -2.54. The van der Waals surface area contributed by atoms with E-state index in [1.54, 1.807) is 63.2 Å². The molecule has 1 heterocycles. The van der Waals surface area contributed by atoms with E-state index >= 15 is 0 Å². The number of carboxylic acid groups (broad SMARTS) is 1. The summed E-state index contributed by atoms with van der Waals surface area (Å²) in [4.78, 5) is 11.7. The third-order valence-corrected chi connectivity index (χ3v) is 6.16. The summed E-state index contributed by atoms with van der Waals surface area (Å²) >= 11 is 0. The van der Waals surface area contributed by atoms with Crippen molar-refractivity contribution in [1.82, 2.24) is 4.31 Å². The van der Waals surface area contributed by atoms with Crippen LogP contribution in [0.2, 0.25) is 0 Å². The van der Waals surface area contributed by atoms with Gasteiger partial charge in [-0.05, 0) is 28.7 Å². The number of carbonyl (C=O) groups excluding carboxylic acids is 1. The van der Waals surface area contributed by atoms with Crippen molar-refractivity contribution in [2.24, 2.45) is 5.41 Å². The van der Waals surface area contributed by atoms with E-state index in [9.17, 15) is 18.3 Å². The first-order valence-electron chi connectivity index (χ1n) is 7.79. The Bertz CT molecular complexity index is 944. The van der Waals surface area contributed by atoms with Gasteiger partial charge in [-0.15, -0.1) is 0 Å². The minimum absolute atomic E-state index is 0.0175. The number of rotatable bonds is 1. The molecule has 7 heteroatoms. The lowest BCUT2D eigenvalue weighted by atomic mass is 9.81. The number of amides is 1. The number of hydrogen-bond acceptors (Lipinski definition) is 5. The third kappa shape index (κ3) is 2.64. The molecule has 132 valence electrons. The normalized spacial score (nSPS) is 18.8. The Morgan fingerprint density at radius 2 is 1.72 bits per heavy atom. The minimum atomic E-state index is -4.23. The van der Waals surface area contributed by atoms with Crippen LogP contribution in [0.25, 0.3) is 11.1 Å². The van der Waals surface area contributed by atoms with E-state index in [2.05, 4.69) is 0 Å². The quantitative estimate of drug-likeness (QED) is 0.787. The SMILES string of the molecule is CC(C)(C)C1c2cccc(-c3ccc(N)cc3)c2S(=O)(=O)N1C(=O)[O-]. The van der Waals surface area contributed by atoms with Gasteiger partial charge in [0.25, 0.3) is 10.0 Å². The Labute approximate surface area is 146 Å². The summed E-state index contributed by atoms with van der Waals surface area (Å²) < 4.78 is 26.5. The van der Waals surface area contributed by atoms with E-state index in [0.717, 1.165) is 0 Å². The molecule has 1 unspecified atom stereocenters. The van der Waals surface area contributed by atoms with Crippen molar-refractivity contribution in [2.75, 3.05) is 5.73 Å². The first-order valence-corrected chi connectivity index (χ1v) is 9.23. The lowest BCUT2D eigenvalue weighted by Crippen LogP contribution is -2.46. The summed E-state index contributed by atoms with van der Waals surface area (Å²) in [6, 6.07) is 11.0. The molecule has 6 nitrogen and oxygen atoms in total. The van der Waals surface area contributed by atoms with E-state index in [1.807, 2.05) is 0 Å². The standard InChI is InChI=1S/C18H20N2O4S/c1-18(2,3)16-14-6-4-5-13(11-7-9-12(19)10-8-11)15(14)25(23,24)20(16)17(21)22/h4-10,16H,19H2,1-3H3,(H,21,22)/p-1. The zero-order valence-corrected chi connectivity index (χ0v) is 15.0. The predicted octanol–water partition coefficient (Wildman–Crippen LogP) is 2.37. The maximum atomic E-state index is 13.0. The molecule has 1 aliphatic rings. The average molecular weight is 359 g/mol. The number of nitrogens with zero attached hydrogens (tertiary/aromatic N) is 1. The fourth-order valence-electron chi connectivity index (χ4n) is 3.33. The lowest BCUT2D eigenvalue weighted by molar-refractivity contribution is -0.262. The first-order chi connectivity index (χ1) is 11.5. The van der Waals surface area contributed by atoms with Gasteiger partial charge < -0.3 is 15.6 Å². The van der Waals surface area contributed by atoms with Crippen LogP contribution in [0.1, 0.15) is 32.4 Å². The van der Waals surface area contributed by atoms with Crippen molar-refractivity contribution < 1.29 is 18.3 Å². The second-order valence-electron chi connectivity index (χ2n) is 7.18. The molecule has 2 N–H and O–H groups in total. The van der Waals surface area contributed by atoms with Crippen molar-refractivity contribution in [2.45, 2.75) is 31.7 Å². The molecule has 0 spiro atoms. The molecule has 3 rings (SSSR count). The van der Waals surface area contributed by atoms with Gasteiger partial charge in [-0.1, -0.05) is 51.1 Å². The van der Waals surface area contributed by atoms with Crippen molar-refractivity contribution >= 4 is 21.8 Å². The number of fused-ring (bicyclic) bond motifs is 1. The van der Waals surface area contributed by atoms with E-state index in [-0.39, 0.29) is 4.90 Å². The number of nitrogen functional groups attached to an aromatic ring is 1. The zero-order valence-electron chi connectivity index (χ0n) is 14.2. The molecule has 2 aromatic rings. The van der Waals surface area contributed by atoms with Gasteiger partial charge >= 0.3 is 0 Å². The number of benzene rings is 2. The molecule has 2 aromatic carbocycles. The van der Waals surface area contributed by atoms with Crippen molar-refractivity contribution in [3.63, 3.8) is 0 Å². The highest BCUT2D eigenvalue weighted by Gasteiger charge is 2.49. The van der Waals surface area contributed by atoms with Gasteiger partial charge in [-0.25, -0.2) is 12.7 Å². The van der Waals surface area contributed by atoms with Gasteiger partial charge in [0.05, 0.1) is 6.04 Å². The number of anilines is 1. The van der Waals surface area contributed by atoms with Crippen LogP contribution in [0.3, 0.4) is 0 Å². The molecule has 1 atom stereocenters. The summed E-state index contributed by atoms with van der Waals surface area (Å²) in [6.07, 6.45) is -1.72. The molecule has 0 radical (unpaired) electrons. The van der Waals surface area contributed by atoms with E-state index in [1.165, 1.54) is 0 Å². The molecule has 0 bridgehead atoms. The molecule has 0 aliphatic carbocycles. The largest absolute Gasteiger partial charge is 0.529 e. The van der Waals surface area contributed by atoms with Crippen molar-refractivity contribution in [1.29, 1.82) is 0 Å². The Kier molecular flexibility index (Phi) is 3.79. The fourth-order valence-corrected chi connectivity index (χ4v) is 5.37. The molecular formula is C18H19N2O4S-. The molecule has 0 fully saturated rings. The van der Waals surface area contributed by atoms with E-state index < -0.39 is 27.6 Å². The van der Waals surface area contributed by atoms with Crippen molar-refractivity contribution in [3.05, 3.63) is 48.0 Å². The number of sulfonamides is 1. The second kappa shape index (κ2) is 5.49. The second-order valence-corrected chi connectivity index (χ2v) is 8.93. The van der Waals surface area contributed by atoms with Gasteiger partial charge in [-0.2, -0.15) is 0 Å². The maximum absolute atomic E-state index is 13.0. The van der Waals surface area contributed by atoms with Crippen LogP contribution in [-0.4, -0.2) is 18.8 Å². The van der Waals surface area contributed by atoms with Crippen LogP contribution in [0.15, 0.2) is 47.4 Å². The van der Waals surface area contributed by atoms with Gasteiger partial charge in [0, 0.05) is 11.3 Å². The molecule has 1 amide bonds. The van der Waals surface area contributed by atoms with E-state index in [0.29, 0.717) is 26.7 Å². The molecular weight excluding hydrogens is 340 g/mol. The number of carbonyl (C=O) groups is 1. The summed E-state index contributed by atoms with van der Waals surface area (Å²) in [7, 11) is -4.23. The molecule has 0 aromatic heterocycles.